The van der Waals surface area contributed by atoms with Crippen LogP contribution in [0.2, 0.25) is 0 Å². The number of carbonyl (C=O) groups excluding carboxylic acids is 2. The zero-order valence-corrected chi connectivity index (χ0v) is 18.2. The predicted molar refractivity (Wildman–Crippen MR) is 113 cm³/mol. The summed E-state index contributed by atoms with van der Waals surface area (Å²) in [5.41, 5.74) is 1.58. The van der Waals surface area contributed by atoms with Crippen LogP contribution in [-0.4, -0.2) is 33.3 Å². The Bertz CT molecular complexity index is 910. The zero-order valence-electron chi connectivity index (χ0n) is 16.6. The molecule has 2 aromatic rings. The highest BCUT2D eigenvalue weighted by atomic mass is 79.9. The summed E-state index contributed by atoms with van der Waals surface area (Å²) in [5, 5.41) is 0. The molecule has 1 N–H and O–H groups in total. The van der Waals surface area contributed by atoms with Gasteiger partial charge in [-0.2, -0.15) is 0 Å². The van der Waals surface area contributed by atoms with E-state index in [4.69, 9.17) is 4.74 Å². The Morgan fingerprint density at radius 3 is 2.90 bits per heavy atom. The third kappa shape index (κ3) is 4.39. The molecule has 1 aromatic heterocycles. The Kier molecular flexibility index (Phi) is 6.04. The number of carbonyl (C=O) groups is 2. The Morgan fingerprint density at radius 2 is 2.03 bits per heavy atom. The van der Waals surface area contributed by atoms with E-state index in [0.29, 0.717) is 12.2 Å². The van der Waals surface area contributed by atoms with E-state index in [0.717, 1.165) is 66.6 Å². The Labute approximate surface area is 179 Å². The number of rotatable bonds is 0. The third-order valence-electron chi connectivity index (χ3n) is 5.84. The van der Waals surface area contributed by atoms with Crippen molar-refractivity contribution in [1.29, 1.82) is 0 Å². The van der Waals surface area contributed by atoms with Gasteiger partial charge in [-0.15, -0.1) is 0 Å². The number of hydrogen-bond acceptors (Lipinski definition) is 4. The van der Waals surface area contributed by atoms with Gasteiger partial charge in [0.05, 0.1) is 17.9 Å². The summed E-state index contributed by atoms with van der Waals surface area (Å²) < 4.78 is 6.53. The average Bonchev–Trinajstić information content (AvgIpc) is 3.35. The van der Waals surface area contributed by atoms with Gasteiger partial charge in [0, 0.05) is 28.9 Å². The molecule has 1 saturated heterocycles. The molecule has 2 aliphatic rings. The normalized spacial score (nSPS) is 23.4. The largest absolute Gasteiger partial charge is 0.426 e. The number of nitrogens with zero attached hydrogens (tertiary/aromatic N) is 2. The first kappa shape index (κ1) is 20.1. The van der Waals surface area contributed by atoms with Gasteiger partial charge in [0.15, 0.2) is 0 Å². The molecule has 6 nitrogen and oxygen atoms in total. The fourth-order valence-electron chi connectivity index (χ4n) is 4.24. The minimum atomic E-state index is -0.234. The molecule has 0 aliphatic carbocycles. The molecule has 0 radical (unpaired) electrons. The topological polar surface area (TPSA) is 75.3 Å². The van der Waals surface area contributed by atoms with Crippen LogP contribution in [0, 0.1) is 5.92 Å². The van der Waals surface area contributed by atoms with E-state index in [1.807, 2.05) is 30.0 Å². The van der Waals surface area contributed by atoms with Crippen molar-refractivity contribution >= 4 is 27.8 Å². The maximum absolute atomic E-state index is 13.0. The Hall–Kier alpha value is -2.15. The van der Waals surface area contributed by atoms with Gasteiger partial charge in [0.25, 0.3) is 0 Å². The number of hydrogen-bond donors (Lipinski definition) is 1. The molecule has 2 bridgehead atoms. The maximum Gasteiger partial charge on any atom is 0.311 e. The fraction of sp³-hybridized carbons (Fsp3) is 0.500. The Morgan fingerprint density at radius 1 is 1.17 bits per heavy atom. The van der Waals surface area contributed by atoms with Crippen molar-refractivity contribution in [2.24, 2.45) is 5.92 Å². The van der Waals surface area contributed by atoms with Gasteiger partial charge in [-0.05, 0) is 43.9 Å². The lowest BCUT2D eigenvalue weighted by Crippen LogP contribution is -2.35. The van der Waals surface area contributed by atoms with Crippen molar-refractivity contribution in [3.8, 4) is 17.0 Å². The van der Waals surface area contributed by atoms with E-state index < -0.39 is 0 Å². The number of halogens is 1. The molecule has 154 valence electrons. The van der Waals surface area contributed by atoms with E-state index in [9.17, 15) is 9.59 Å². The minimum Gasteiger partial charge on any atom is -0.426 e. The molecule has 1 amide bonds. The van der Waals surface area contributed by atoms with Gasteiger partial charge < -0.3 is 14.6 Å². The second kappa shape index (κ2) is 8.69. The van der Waals surface area contributed by atoms with Gasteiger partial charge in [-0.3, -0.25) is 9.59 Å². The summed E-state index contributed by atoms with van der Waals surface area (Å²) in [6, 6.07) is 5.61. The summed E-state index contributed by atoms with van der Waals surface area (Å²) in [5.74, 6) is 1.27. The molecule has 1 aromatic carbocycles. The van der Waals surface area contributed by atoms with Crippen LogP contribution in [0.15, 0.2) is 28.9 Å². The number of aromatic amines is 1. The van der Waals surface area contributed by atoms with Crippen LogP contribution in [0.25, 0.3) is 11.3 Å². The molecule has 1 fully saturated rings. The zero-order chi connectivity index (χ0) is 20.4. The molecular weight excluding hydrogens is 434 g/mol. The van der Waals surface area contributed by atoms with E-state index in [2.05, 4.69) is 25.9 Å². The molecule has 2 atom stereocenters. The van der Waals surface area contributed by atoms with Gasteiger partial charge in [-0.25, -0.2) is 4.98 Å². The van der Waals surface area contributed by atoms with Crippen molar-refractivity contribution in [2.45, 2.75) is 57.9 Å². The predicted octanol–water partition coefficient (Wildman–Crippen LogP) is 5.01. The molecule has 2 unspecified atom stereocenters. The number of nitrogens with one attached hydrogen (secondary N) is 1. The second-order valence-corrected chi connectivity index (χ2v) is 8.90. The Balaban J connectivity index is 1.71. The van der Waals surface area contributed by atoms with Gasteiger partial charge in [-0.1, -0.05) is 35.7 Å². The van der Waals surface area contributed by atoms with E-state index >= 15 is 0 Å². The molecule has 2 aliphatic heterocycles. The van der Waals surface area contributed by atoms with Crippen molar-refractivity contribution in [3.05, 3.63) is 34.7 Å². The molecule has 29 heavy (non-hydrogen) atoms. The van der Waals surface area contributed by atoms with Crippen molar-refractivity contribution < 1.29 is 14.3 Å². The van der Waals surface area contributed by atoms with Crippen LogP contribution in [0.4, 0.5) is 0 Å². The number of imidazole rings is 1. The number of ether oxygens (including phenoxy) is 1. The van der Waals surface area contributed by atoms with Crippen LogP contribution in [0.1, 0.15) is 63.7 Å². The summed E-state index contributed by atoms with van der Waals surface area (Å²) in [7, 11) is 0. The lowest BCUT2D eigenvalue weighted by atomic mass is 10.0. The number of fused-ring (bicyclic) bond motifs is 6. The summed E-state index contributed by atoms with van der Waals surface area (Å²) >= 11 is 3.46. The summed E-state index contributed by atoms with van der Waals surface area (Å²) in [6.07, 6.45) is 7.50. The number of aromatic nitrogens is 2. The highest BCUT2D eigenvalue weighted by Crippen LogP contribution is 2.36. The molecule has 7 heteroatoms. The van der Waals surface area contributed by atoms with Crippen LogP contribution in [0.3, 0.4) is 0 Å². The lowest BCUT2D eigenvalue weighted by Gasteiger charge is -2.26. The lowest BCUT2D eigenvalue weighted by molar-refractivity contribution is -0.136. The SMILES string of the molecule is CC1CCCCCC(=O)Oc2cc(Br)ccc2-c2cnc([nH]2)C2CCCN2C1=O. The van der Waals surface area contributed by atoms with Crippen molar-refractivity contribution in [1.82, 2.24) is 14.9 Å². The number of esters is 1. The fourth-order valence-corrected chi connectivity index (χ4v) is 4.58. The van der Waals surface area contributed by atoms with Crippen LogP contribution < -0.4 is 4.74 Å². The van der Waals surface area contributed by atoms with Crippen molar-refractivity contribution in [3.63, 3.8) is 0 Å². The summed E-state index contributed by atoms with van der Waals surface area (Å²) in [4.78, 5) is 35.3. The average molecular weight is 460 g/mol. The van der Waals surface area contributed by atoms with Gasteiger partial charge in [0.1, 0.15) is 11.6 Å². The molecular formula is C22H26BrN3O3. The number of amides is 1. The smallest absolute Gasteiger partial charge is 0.311 e. The third-order valence-corrected chi connectivity index (χ3v) is 6.34. The van der Waals surface area contributed by atoms with Crippen LogP contribution in [-0.2, 0) is 9.59 Å². The van der Waals surface area contributed by atoms with Crippen LogP contribution >= 0.6 is 15.9 Å². The highest BCUT2D eigenvalue weighted by Gasteiger charge is 2.34. The standard InChI is InChI=1S/C22H26BrN3O3/c1-14-6-3-2-4-8-20(27)29-19-12-15(23)9-10-16(19)17-13-24-21(25-17)18-7-5-11-26(18)22(14)28/h9-10,12-14,18H,2-8,11H2,1H3,(H,24,25). The second-order valence-electron chi connectivity index (χ2n) is 7.99. The van der Waals surface area contributed by atoms with E-state index in [1.165, 1.54) is 0 Å². The first-order valence-electron chi connectivity index (χ1n) is 10.4. The molecule has 4 rings (SSSR count). The molecule has 0 saturated carbocycles. The monoisotopic (exact) mass is 459 g/mol. The molecule has 0 spiro atoms. The molecule has 3 heterocycles. The van der Waals surface area contributed by atoms with Crippen molar-refractivity contribution in [2.75, 3.05) is 6.54 Å². The van der Waals surface area contributed by atoms with E-state index in [1.54, 1.807) is 6.20 Å². The quantitative estimate of drug-likeness (QED) is 0.443. The van der Waals surface area contributed by atoms with Gasteiger partial charge in [0.2, 0.25) is 5.91 Å². The van der Waals surface area contributed by atoms with Gasteiger partial charge >= 0.3 is 5.97 Å². The minimum absolute atomic E-state index is 0.0111. The first-order chi connectivity index (χ1) is 14.0. The summed E-state index contributed by atoms with van der Waals surface area (Å²) in [6.45, 7) is 2.79. The maximum atomic E-state index is 13.0. The van der Waals surface area contributed by atoms with Crippen LogP contribution in [0.5, 0.6) is 5.75 Å². The number of benzene rings is 1. The highest BCUT2D eigenvalue weighted by molar-refractivity contribution is 9.10. The van der Waals surface area contributed by atoms with E-state index in [-0.39, 0.29) is 23.8 Å². The number of H-pyrrole nitrogens is 1. The first-order valence-corrected chi connectivity index (χ1v) is 11.2.